The lowest BCUT2D eigenvalue weighted by molar-refractivity contribution is 0.103. The summed E-state index contributed by atoms with van der Waals surface area (Å²) in [6.07, 6.45) is 1.91. The number of fused-ring (bicyclic) bond motifs is 1. The fourth-order valence-corrected chi connectivity index (χ4v) is 2.83. The van der Waals surface area contributed by atoms with Crippen molar-refractivity contribution in [2.45, 2.75) is 12.8 Å². The molecule has 1 aliphatic heterocycles. The highest BCUT2D eigenvalue weighted by molar-refractivity contribution is 6.37. The summed E-state index contributed by atoms with van der Waals surface area (Å²) < 4.78 is 5.55. The maximum absolute atomic E-state index is 12.5. The summed E-state index contributed by atoms with van der Waals surface area (Å²) in [6, 6.07) is 10.4. The third-order valence-electron chi connectivity index (χ3n) is 3.35. The van der Waals surface area contributed by atoms with E-state index in [0.29, 0.717) is 21.2 Å². The molecule has 0 atom stereocenters. The van der Waals surface area contributed by atoms with E-state index in [4.69, 9.17) is 27.9 Å². The first kappa shape index (κ1) is 13.5. The normalized spacial score (nSPS) is 13.5. The van der Waals surface area contributed by atoms with Gasteiger partial charge in [-0.1, -0.05) is 23.2 Å². The van der Waals surface area contributed by atoms with Gasteiger partial charge in [-0.3, -0.25) is 4.79 Å². The SMILES string of the molecule is O=C(c1ccc2c(c1)CCCO2)c1ccc(Cl)cc1Cl. The highest BCUT2D eigenvalue weighted by Crippen LogP contribution is 2.28. The molecule has 0 saturated heterocycles. The average molecular weight is 307 g/mol. The zero-order valence-electron chi connectivity index (χ0n) is 10.7. The molecule has 4 heteroatoms. The Morgan fingerprint density at radius 1 is 1.10 bits per heavy atom. The van der Waals surface area contributed by atoms with E-state index in [0.717, 1.165) is 30.8 Å². The highest BCUT2D eigenvalue weighted by atomic mass is 35.5. The van der Waals surface area contributed by atoms with Crippen molar-refractivity contribution in [2.75, 3.05) is 6.61 Å². The predicted molar refractivity (Wildman–Crippen MR) is 80.2 cm³/mol. The molecule has 0 aromatic heterocycles. The van der Waals surface area contributed by atoms with Gasteiger partial charge in [0.2, 0.25) is 0 Å². The third-order valence-corrected chi connectivity index (χ3v) is 3.89. The molecular weight excluding hydrogens is 295 g/mol. The fraction of sp³-hybridized carbons (Fsp3) is 0.188. The van der Waals surface area contributed by atoms with Crippen molar-refractivity contribution in [3.63, 3.8) is 0 Å². The molecule has 0 unspecified atom stereocenters. The number of rotatable bonds is 2. The predicted octanol–water partition coefficient (Wildman–Crippen LogP) is 4.55. The van der Waals surface area contributed by atoms with E-state index >= 15 is 0 Å². The quantitative estimate of drug-likeness (QED) is 0.761. The van der Waals surface area contributed by atoms with Crippen LogP contribution in [-0.4, -0.2) is 12.4 Å². The van der Waals surface area contributed by atoms with Gasteiger partial charge in [-0.15, -0.1) is 0 Å². The van der Waals surface area contributed by atoms with Crippen LogP contribution in [0, 0.1) is 0 Å². The van der Waals surface area contributed by atoms with Gasteiger partial charge in [-0.05, 0) is 54.8 Å². The summed E-state index contributed by atoms with van der Waals surface area (Å²) in [5.74, 6) is 0.773. The van der Waals surface area contributed by atoms with Gasteiger partial charge in [-0.25, -0.2) is 0 Å². The van der Waals surface area contributed by atoms with Crippen LogP contribution in [0.2, 0.25) is 10.0 Å². The number of ether oxygens (including phenoxy) is 1. The first-order chi connectivity index (χ1) is 9.65. The van der Waals surface area contributed by atoms with Gasteiger partial charge in [0, 0.05) is 16.1 Å². The lowest BCUT2D eigenvalue weighted by atomic mass is 9.98. The molecule has 0 amide bonds. The Hall–Kier alpha value is -1.51. The molecule has 102 valence electrons. The summed E-state index contributed by atoms with van der Waals surface area (Å²) >= 11 is 11.9. The Bertz CT molecular complexity index is 680. The summed E-state index contributed by atoms with van der Waals surface area (Å²) in [5, 5.41) is 0.891. The molecule has 1 heterocycles. The first-order valence-corrected chi connectivity index (χ1v) is 7.16. The molecule has 20 heavy (non-hydrogen) atoms. The molecule has 0 radical (unpaired) electrons. The van der Waals surface area contributed by atoms with E-state index in [1.165, 1.54) is 0 Å². The second kappa shape index (κ2) is 5.47. The molecule has 0 N–H and O–H groups in total. The lowest BCUT2D eigenvalue weighted by Crippen LogP contribution is -2.10. The van der Waals surface area contributed by atoms with E-state index in [1.807, 2.05) is 12.1 Å². The Balaban J connectivity index is 1.98. The van der Waals surface area contributed by atoms with Crippen LogP contribution in [0.1, 0.15) is 27.9 Å². The molecule has 2 aromatic carbocycles. The number of aryl methyl sites for hydroxylation is 1. The van der Waals surface area contributed by atoms with Crippen LogP contribution in [-0.2, 0) is 6.42 Å². The van der Waals surface area contributed by atoms with Gasteiger partial charge in [0.15, 0.2) is 5.78 Å². The molecule has 0 aliphatic carbocycles. The van der Waals surface area contributed by atoms with Gasteiger partial charge in [0.1, 0.15) is 5.75 Å². The largest absolute Gasteiger partial charge is 0.493 e. The van der Waals surface area contributed by atoms with Crippen LogP contribution in [0.25, 0.3) is 0 Å². The Labute approximate surface area is 127 Å². The number of carbonyl (C=O) groups is 1. The van der Waals surface area contributed by atoms with Crippen LogP contribution in [0.3, 0.4) is 0 Å². The highest BCUT2D eigenvalue weighted by Gasteiger charge is 2.17. The monoisotopic (exact) mass is 306 g/mol. The number of carbonyl (C=O) groups excluding carboxylic acids is 1. The summed E-state index contributed by atoms with van der Waals surface area (Å²) in [7, 11) is 0. The minimum atomic E-state index is -0.0972. The van der Waals surface area contributed by atoms with Gasteiger partial charge in [0.25, 0.3) is 0 Å². The van der Waals surface area contributed by atoms with Crippen molar-refractivity contribution in [2.24, 2.45) is 0 Å². The maximum Gasteiger partial charge on any atom is 0.194 e. The van der Waals surface area contributed by atoms with E-state index in [9.17, 15) is 4.79 Å². The summed E-state index contributed by atoms with van der Waals surface area (Å²) in [5.41, 5.74) is 2.17. The van der Waals surface area contributed by atoms with Crippen LogP contribution in [0.4, 0.5) is 0 Å². The molecule has 0 bridgehead atoms. The number of hydrogen-bond donors (Lipinski definition) is 0. The second-order valence-corrected chi connectivity index (χ2v) is 5.57. The molecule has 0 fully saturated rings. The zero-order valence-corrected chi connectivity index (χ0v) is 12.2. The van der Waals surface area contributed by atoms with Gasteiger partial charge >= 0.3 is 0 Å². The van der Waals surface area contributed by atoms with Crippen LogP contribution < -0.4 is 4.74 Å². The van der Waals surface area contributed by atoms with Gasteiger partial charge < -0.3 is 4.74 Å². The van der Waals surface area contributed by atoms with Gasteiger partial charge in [0.05, 0.1) is 11.6 Å². The maximum atomic E-state index is 12.5. The average Bonchev–Trinajstić information content (AvgIpc) is 2.46. The number of ketones is 1. The third kappa shape index (κ3) is 2.54. The Morgan fingerprint density at radius 2 is 1.95 bits per heavy atom. The van der Waals surface area contributed by atoms with E-state index < -0.39 is 0 Å². The Morgan fingerprint density at radius 3 is 2.75 bits per heavy atom. The van der Waals surface area contributed by atoms with Crippen molar-refractivity contribution < 1.29 is 9.53 Å². The van der Waals surface area contributed by atoms with Gasteiger partial charge in [-0.2, -0.15) is 0 Å². The fourth-order valence-electron chi connectivity index (χ4n) is 2.33. The molecule has 3 rings (SSSR count). The minimum Gasteiger partial charge on any atom is -0.493 e. The second-order valence-electron chi connectivity index (χ2n) is 4.73. The van der Waals surface area contributed by atoms with Crippen molar-refractivity contribution in [3.05, 3.63) is 63.1 Å². The molecule has 0 saturated carbocycles. The van der Waals surface area contributed by atoms with E-state index in [2.05, 4.69) is 0 Å². The van der Waals surface area contributed by atoms with Crippen LogP contribution in [0.5, 0.6) is 5.75 Å². The standard InChI is InChI=1S/C16H12Cl2O2/c17-12-4-5-13(14(18)9-12)16(19)11-3-6-15-10(8-11)2-1-7-20-15/h3-6,8-9H,1-2,7H2. The Kier molecular flexibility index (Phi) is 3.68. The topological polar surface area (TPSA) is 26.3 Å². The zero-order chi connectivity index (χ0) is 14.1. The number of halogens is 2. The molecule has 1 aliphatic rings. The van der Waals surface area contributed by atoms with Crippen LogP contribution >= 0.6 is 23.2 Å². The summed E-state index contributed by atoms with van der Waals surface area (Å²) in [4.78, 5) is 12.5. The molecular formula is C16H12Cl2O2. The molecule has 0 spiro atoms. The first-order valence-electron chi connectivity index (χ1n) is 6.40. The van der Waals surface area contributed by atoms with Crippen molar-refractivity contribution in [3.8, 4) is 5.75 Å². The van der Waals surface area contributed by atoms with Crippen molar-refractivity contribution >= 4 is 29.0 Å². The van der Waals surface area contributed by atoms with Crippen molar-refractivity contribution in [1.82, 2.24) is 0 Å². The van der Waals surface area contributed by atoms with Crippen LogP contribution in [0.15, 0.2) is 36.4 Å². The lowest BCUT2D eigenvalue weighted by Gasteiger charge is -2.17. The van der Waals surface area contributed by atoms with E-state index in [-0.39, 0.29) is 5.78 Å². The number of hydrogen-bond acceptors (Lipinski definition) is 2. The molecule has 2 aromatic rings. The minimum absolute atomic E-state index is 0.0972. The van der Waals surface area contributed by atoms with Crippen molar-refractivity contribution in [1.29, 1.82) is 0 Å². The summed E-state index contributed by atoms with van der Waals surface area (Å²) in [6.45, 7) is 0.739. The number of benzene rings is 2. The van der Waals surface area contributed by atoms with E-state index in [1.54, 1.807) is 24.3 Å². The molecule has 2 nitrogen and oxygen atoms in total. The smallest absolute Gasteiger partial charge is 0.194 e.